The fourth-order valence-electron chi connectivity index (χ4n) is 2.21. The number of nitrogens with zero attached hydrogens (tertiary/aromatic N) is 1. The molecule has 94 valence electrons. The number of hydrogen-bond acceptors (Lipinski definition) is 3. The van der Waals surface area contributed by atoms with E-state index in [4.69, 9.17) is 5.11 Å². The maximum Gasteiger partial charge on any atom is 0.304 e. The van der Waals surface area contributed by atoms with Gasteiger partial charge in [0.1, 0.15) is 0 Å². The van der Waals surface area contributed by atoms with Gasteiger partial charge in [0.2, 0.25) is 0 Å². The molecule has 0 radical (unpaired) electrons. The topological polar surface area (TPSA) is 40.5 Å². The Kier molecular flexibility index (Phi) is 4.63. The van der Waals surface area contributed by atoms with Gasteiger partial charge in [-0.2, -0.15) is 0 Å². The molecule has 0 bridgehead atoms. The van der Waals surface area contributed by atoms with Crippen LogP contribution in [0.5, 0.6) is 0 Å². The molecule has 3 nitrogen and oxygen atoms in total. The van der Waals surface area contributed by atoms with Crippen LogP contribution in [0.3, 0.4) is 0 Å². The molecule has 1 aliphatic heterocycles. The van der Waals surface area contributed by atoms with Gasteiger partial charge in [0.15, 0.2) is 0 Å². The van der Waals surface area contributed by atoms with Crippen molar-refractivity contribution in [3.05, 3.63) is 19.2 Å². The third-order valence-electron chi connectivity index (χ3n) is 2.96. The fraction of sp³-hybridized carbons (Fsp3) is 0.545. The van der Waals surface area contributed by atoms with Gasteiger partial charge in [-0.3, -0.25) is 9.69 Å². The molecule has 0 saturated carbocycles. The first kappa shape index (κ1) is 13.5. The molecule has 0 aliphatic carbocycles. The summed E-state index contributed by atoms with van der Waals surface area (Å²) in [5.74, 6) is -0.699. The Bertz CT molecular complexity index is 402. The van der Waals surface area contributed by atoms with Crippen LogP contribution in [0, 0.1) is 0 Å². The van der Waals surface area contributed by atoms with Gasteiger partial charge in [-0.1, -0.05) is 0 Å². The van der Waals surface area contributed by atoms with Gasteiger partial charge in [-0.25, -0.2) is 0 Å². The van der Waals surface area contributed by atoms with Crippen molar-refractivity contribution in [3.63, 3.8) is 0 Å². The minimum atomic E-state index is -0.699. The third kappa shape index (κ3) is 3.53. The maximum atomic E-state index is 10.8. The Morgan fingerprint density at radius 1 is 1.59 bits per heavy atom. The number of aliphatic carboxylic acids is 1. The van der Waals surface area contributed by atoms with E-state index in [0.29, 0.717) is 0 Å². The number of rotatable bonds is 4. The van der Waals surface area contributed by atoms with E-state index in [1.165, 1.54) is 4.88 Å². The summed E-state index contributed by atoms with van der Waals surface area (Å²) in [7, 11) is 0. The van der Waals surface area contributed by atoms with Crippen LogP contribution in [0.4, 0.5) is 0 Å². The Labute approximate surface area is 121 Å². The molecule has 1 atom stereocenters. The van der Waals surface area contributed by atoms with E-state index >= 15 is 0 Å². The van der Waals surface area contributed by atoms with Crippen LogP contribution in [0.15, 0.2) is 14.3 Å². The highest BCUT2D eigenvalue weighted by atomic mass is 79.9. The lowest BCUT2D eigenvalue weighted by Crippen LogP contribution is -2.30. The summed E-state index contributed by atoms with van der Waals surface area (Å²) in [5, 5.41) is 8.87. The highest BCUT2D eigenvalue weighted by Gasteiger charge is 2.26. The molecule has 0 spiro atoms. The largest absolute Gasteiger partial charge is 0.481 e. The van der Waals surface area contributed by atoms with Crippen molar-refractivity contribution in [3.8, 4) is 0 Å². The quantitative estimate of drug-likeness (QED) is 0.862. The van der Waals surface area contributed by atoms with Crippen LogP contribution >= 0.6 is 43.2 Å². The summed E-state index contributed by atoms with van der Waals surface area (Å²) in [6, 6.07) is 2.30. The number of carboxylic acid groups (broad SMARTS) is 1. The van der Waals surface area contributed by atoms with E-state index in [1.54, 1.807) is 11.3 Å². The minimum Gasteiger partial charge on any atom is -0.481 e. The Hall–Kier alpha value is 0.0900. The van der Waals surface area contributed by atoms with Gasteiger partial charge in [0, 0.05) is 21.9 Å². The fourth-order valence-corrected chi connectivity index (χ4v) is 4.41. The number of likely N-dealkylation sites (tertiary alicyclic amines) is 1. The molecule has 1 unspecified atom stereocenters. The Morgan fingerprint density at radius 2 is 2.35 bits per heavy atom. The zero-order chi connectivity index (χ0) is 12.4. The molecule has 0 amide bonds. The van der Waals surface area contributed by atoms with Crippen LogP contribution < -0.4 is 0 Å². The van der Waals surface area contributed by atoms with Crippen molar-refractivity contribution in [1.29, 1.82) is 0 Å². The predicted octanol–water partition coefficient (Wildman–Crippen LogP) is 3.71. The molecule has 1 fully saturated rings. The second-order valence-corrected chi connectivity index (χ2v) is 7.51. The van der Waals surface area contributed by atoms with Gasteiger partial charge in [0.25, 0.3) is 0 Å². The Balaban J connectivity index is 2.00. The summed E-state index contributed by atoms with van der Waals surface area (Å²) in [4.78, 5) is 14.3. The normalized spacial score (nSPS) is 20.9. The standard InChI is InChI=1S/C11H13Br2NO2S/c12-9-5-8(17-11(9)13)6-14-3-1-2-7(14)4-10(15)16/h5,7H,1-4,6H2,(H,15,16). The monoisotopic (exact) mass is 381 g/mol. The summed E-state index contributed by atoms with van der Waals surface area (Å²) in [6.45, 7) is 1.86. The van der Waals surface area contributed by atoms with Crippen molar-refractivity contribution in [2.45, 2.75) is 31.8 Å². The molecule has 1 aromatic heterocycles. The molecule has 0 aromatic carbocycles. The van der Waals surface area contributed by atoms with E-state index in [9.17, 15) is 4.79 Å². The zero-order valence-corrected chi connectivity index (χ0v) is 13.1. The van der Waals surface area contributed by atoms with Crippen molar-refractivity contribution < 1.29 is 9.90 Å². The van der Waals surface area contributed by atoms with Crippen LogP contribution in [-0.4, -0.2) is 28.6 Å². The highest BCUT2D eigenvalue weighted by Crippen LogP contribution is 2.34. The van der Waals surface area contributed by atoms with Crippen molar-refractivity contribution in [2.75, 3.05) is 6.54 Å². The molecule has 2 heterocycles. The average molecular weight is 383 g/mol. The lowest BCUT2D eigenvalue weighted by molar-refractivity contribution is -0.138. The first-order valence-corrected chi connectivity index (χ1v) is 7.86. The average Bonchev–Trinajstić information content (AvgIpc) is 2.76. The number of carbonyl (C=O) groups is 1. The highest BCUT2D eigenvalue weighted by molar-refractivity contribution is 9.13. The molecule has 2 rings (SSSR count). The Morgan fingerprint density at radius 3 is 2.94 bits per heavy atom. The van der Waals surface area contributed by atoms with Gasteiger partial charge in [-0.05, 0) is 57.3 Å². The van der Waals surface area contributed by atoms with E-state index in [1.807, 2.05) is 0 Å². The van der Waals surface area contributed by atoms with Gasteiger partial charge >= 0.3 is 5.97 Å². The van der Waals surface area contributed by atoms with Gasteiger partial charge in [-0.15, -0.1) is 11.3 Å². The smallest absolute Gasteiger partial charge is 0.304 e. The van der Waals surface area contributed by atoms with Crippen molar-refractivity contribution in [2.24, 2.45) is 0 Å². The molecule has 1 saturated heterocycles. The van der Waals surface area contributed by atoms with Crippen LogP contribution in [0.25, 0.3) is 0 Å². The summed E-state index contributed by atoms with van der Waals surface area (Å²) in [6.07, 6.45) is 2.36. The van der Waals surface area contributed by atoms with E-state index in [0.717, 1.165) is 34.2 Å². The molecule has 1 N–H and O–H groups in total. The van der Waals surface area contributed by atoms with Gasteiger partial charge in [0.05, 0.1) is 10.2 Å². The van der Waals surface area contributed by atoms with Crippen molar-refractivity contribution in [1.82, 2.24) is 4.90 Å². The first-order chi connectivity index (χ1) is 8.06. The summed E-state index contributed by atoms with van der Waals surface area (Å²) >= 11 is 8.65. The van der Waals surface area contributed by atoms with Crippen molar-refractivity contribution >= 4 is 49.2 Å². The molecule has 6 heteroatoms. The molecular weight excluding hydrogens is 370 g/mol. The SMILES string of the molecule is O=C(O)CC1CCCN1Cc1cc(Br)c(Br)s1. The summed E-state index contributed by atoms with van der Waals surface area (Å²) < 4.78 is 2.17. The third-order valence-corrected chi connectivity index (χ3v) is 6.21. The van der Waals surface area contributed by atoms with Crippen LogP contribution in [0.2, 0.25) is 0 Å². The van der Waals surface area contributed by atoms with Crippen LogP contribution in [0.1, 0.15) is 24.1 Å². The maximum absolute atomic E-state index is 10.8. The second kappa shape index (κ2) is 5.82. The van der Waals surface area contributed by atoms with E-state index in [2.05, 4.69) is 42.8 Å². The number of hydrogen-bond donors (Lipinski definition) is 1. The predicted molar refractivity (Wildman–Crippen MR) is 75.4 cm³/mol. The molecule has 17 heavy (non-hydrogen) atoms. The zero-order valence-electron chi connectivity index (χ0n) is 9.16. The molecular formula is C11H13Br2NO2S. The molecule has 1 aromatic rings. The molecule has 1 aliphatic rings. The lowest BCUT2D eigenvalue weighted by Gasteiger charge is -2.22. The van der Waals surface area contributed by atoms with E-state index < -0.39 is 5.97 Å². The first-order valence-electron chi connectivity index (χ1n) is 5.46. The summed E-state index contributed by atoms with van der Waals surface area (Å²) in [5.41, 5.74) is 0. The number of thiophene rings is 1. The number of halogens is 2. The second-order valence-electron chi connectivity index (χ2n) is 4.20. The van der Waals surface area contributed by atoms with E-state index in [-0.39, 0.29) is 12.5 Å². The van der Waals surface area contributed by atoms with Gasteiger partial charge < -0.3 is 5.11 Å². The minimum absolute atomic E-state index is 0.201. The lowest BCUT2D eigenvalue weighted by atomic mass is 10.1. The number of carboxylic acids is 1. The van der Waals surface area contributed by atoms with Crippen LogP contribution in [-0.2, 0) is 11.3 Å².